The Labute approximate surface area is 222 Å². The molecule has 33 heavy (non-hydrogen) atoms. The maximum absolute atomic E-state index is 4.90. The van der Waals surface area contributed by atoms with Crippen LogP contribution in [0.3, 0.4) is 0 Å². The second-order valence-corrected chi connectivity index (χ2v) is 14.8. The van der Waals surface area contributed by atoms with Gasteiger partial charge in [0, 0.05) is 12.4 Å². The molecule has 0 atom stereocenters. The first-order valence-corrected chi connectivity index (χ1v) is 16.5. The molecule has 0 aliphatic heterocycles. The van der Waals surface area contributed by atoms with Gasteiger partial charge in [-0.25, -0.2) is 0 Å². The Kier molecular flexibility index (Phi) is 13.4. The monoisotopic (exact) mass is 620 g/mol. The first-order valence-electron chi connectivity index (χ1n) is 11.6. The van der Waals surface area contributed by atoms with Crippen molar-refractivity contribution >= 4 is 52.3 Å². The quantitative estimate of drug-likeness (QED) is 0.217. The summed E-state index contributed by atoms with van der Waals surface area (Å²) in [6.45, 7) is 22.2. The number of aryl methyl sites for hydroxylation is 2. The second-order valence-electron chi connectivity index (χ2n) is 9.80. The summed E-state index contributed by atoms with van der Waals surface area (Å²) in [6, 6.07) is 9.09. The fourth-order valence-electron chi connectivity index (χ4n) is 3.95. The summed E-state index contributed by atoms with van der Waals surface area (Å²) in [5.74, 6) is 1.74. The number of hydrogen-bond donors (Lipinski definition) is 0. The molecule has 2 nitrogen and oxygen atoms in total. The summed E-state index contributed by atoms with van der Waals surface area (Å²) in [5, 5.41) is 0. The Bertz CT molecular complexity index is 825. The average Bonchev–Trinajstić information content (AvgIpc) is 2.71. The van der Waals surface area contributed by atoms with E-state index in [9.17, 15) is 0 Å². The van der Waals surface area contributed by atoms with E-state index >= 15 is 0 Å². The van der Waals surface area contributed by atoms with Gasteiger partial charge < -0.3 is 0 Å². The van der Waals surface area contributed by atoms with E-state index in [0.29, 0.717) is 23.7 Å². The van der Waals surface area contributed by atoms with E-state index in [1.54, 1.807) is 0 Å². The Morgan fingerprint density at radius 2 is 0.788 bits per heavy atom. The van der Waals surface area contributed by atoms with Crippen molar-refractivity contribution in [2.24, 2.45) is 9.98 Å². The van der Waals surface area contributed by atoms with Crippen molar-refractivity contribution in [1.29, 1.82) is 0 Å². The van der Waals surface area contributed by atoms with Gasteiger partial charge in [0.15, 0.2) is 0 Å². The molecule has 0 fully saturated rings. The Balaban J connectivity index is 0.00000172. The van der Waals surface area contributed by atoms with Crippen LogP contribution in [0, 0.1) is 13.8 Å². The van der Waals surface area contributed by atoms with Crippen molar-refractivity contribution in [3.63, 3.8) is 0 Å². The van der Waals surface area contributed by atoms with Gasteiger partial charge in [-0.1, -0.05) is 90.8 Å². The summed E-state index contributed by atoms with van der Waals surface area (Å²) in [7, 11) is 1.25. The second kappa shape index (κ2) is 14.6. The number of rotatable bonds is 7. The predicted molar refractivity (Wildman–Crippen MR) is 153 cm³/mol. The maximum atomic E-state index is 4.90. The van der Waals surface area contributed by atoms with Crippen molar-refractivity contribution < 1.29 is 10.9 Å². The molecule has 0 N–H and O–H groups in total. The van der Waals surface area contributed by atoms with Crippen LogP contribution in [0.4, 0.5) is 11.4 Å². The normalized spacial score (nSPS) is 12.1. The zero-order chi connectivity index (χ0) is 25.3. The van der Waals surface area contributed by atoms with Crippen LogP contribution in [0.15, 0.2) is 34.3 Å². The van der Waals surface area contributed by atoms with Gasteiger partial charge in [-0.2, -0.15) is 0 Å². The van der Waals surface area contributed by atoms with Gasteiger partial charge in [-0.05, 0) is 59.8 Å². The predicted octanol–water partition coefficient (Wildman–Crippen LogP) is 10.6. The summed E-state index contributed by atoms with van der Waals surface area (Å²) in [6.07, 6.45) is 3.74. The van der Waals surface area contributed by atoms with E-state index in [1.807, 2.05) is 12.4 Å². The molecular weight excluding hydrogens is 583 g/mol. The average molecular weight is 623 g/mol. The SMILES string of the molecule is Cc1cc(C(C)C)c(N=CC=Nc2c(C(C)C)cc(C)cc2C(C)C)c(C(C)C)c1.[Br][Ni][Br]. The molecule has 5 heteroatoms. The van der Waals surface area contributed by atoms with E-state index in [2.05, 4.69) is 122 Å². The number of nitrogens with zero attached hydrogens (tertiary/aromatic N) is 2. The van der Waals surface area contributed by atoms with E-state index in [-0.39, 0.29) is 0 Å². The fraction of sp³-hybridized carbons (Fsp3) is 0.500. The fourth-order valence-corrected chi connectivity index (χ4v) is 3.95. The molecule has 0 bridgehead atoms. The third-order valence-corrected chi connectivity index (χ3v) is 5.59. The Hall–Kier alpha value is -0.766. The molecule has 0 unspecified atom stereocenters. The molecule has 0 aliphatic carbocycles. The van der Waals surface area contributed by atoms with Gasteiger partial charge in [0.05, 0.1) is 11.4 Å². The molecule has 0 heterocycles. The van der Waals surface area contributed by atoms with Crippen LogP contribution >= 0.6 is 28.5 Å². The first kappa shape index (κ1) is 30.3. The summed E-state index contributed by atoms with van der Waals surface area (Å²) >= 11 is 6.00. The van der Waals surface area contributed by atoms with E-state index in [4.69, 9.17) is 9.98 Å². The Morgan fingerprint density at radius 3 is 0.970 bits per heavy atom. The molecule has 0 amide bonds. The minimum atomic E-state index is 0.434. The van der Waals surface area contributed by atoms with Crippen LogP contribution in [-0.2, 0) is 10.9 Å². The van der Waals surface area contributed by atoms with Crippen molar-refractivity contribution in [1.82, 2.24) is 0 Å². The molecule has 0 aliphatic rings. The van der Waals surface area contributed by atoms with Gasteiger partial charge in [0.25, 0.3) is 0 Å². The van der Waals surface area contributed by atoms with Crippen LogP contribution in [-0.4, -0.2) is 12.4 Å². The molecule has 0 aromatic heterocycles. The number of halogens is 2. The van der Waals surface area contributed by atoms with Crippen LogP contribution in [0.5, 0.6) is 0 Å². The van der Waals surface area contributed by atoms with Gasteiger partial charge in [-0.15, -0.1) is 0 Å². The third kappa shape index (κ3) is 9.08. The molecule has 2 aromatic carbocycles. The van der Waals surface area contributed by atoms with E-state index in [1.165, 1.54) is 44.3 Å². The first-order chi connectivity index (χ1) is 15.4. The zero-order valence-electron chi connectivity index (χ0n) is 21.7. The summed E-state index contributed by atoms with van der Waals surface area (Å²) < 4.78 is 0. The zero-order valence-corrected chi connectivity index (χ0v) is 25.9. The molecule has 2 rings (SSSR count). The molecular formula is C28H40Br2N2Ni. The van der Waals surface area contributed by atoms with Gasteiger partial charge in [0.2, 0.25) is 0 Å². The molecule has 0 saturated carbocycles. The summed E-state index contributed by atoms with van der Waals surface area (Å²) in [4.78, 5) is 9.79. The van der Waals surface area contributed by atoms with Gasteiger partial charge >= 0.3 is 39.3 Å². The molecule has 0 spiro atoms. The van der Waals surface area contributed by atoms with Crippen molar-refractivity contribution in [3.8, 4) is 0 Å². The van der Waals surface area contributed by atoms with Gasteiger partial charge in [0.1, 0.15) is 0 Å². The van der Waals surface area contributed by atoms with E-state index in [0.717, 1.165) is 11.4 Å². The van der Waals surface area contributed by atoms with Crippen molar-refractivity contribution in [2.45, 2.75) is 92.9 Å². The van der Waals surface area contributed by atoms with Crippen LogP contribution < -0.4 is 0 Å². The minimum absolute atomic E-state index is 0.434. The van der Waals surface area contributed by atoms with Crippen LogP contribution in [0.25, 0.3) is 0 Å². The third-order valence-electron chi connectivity index (χ3n) is 5.59. The number of benzene rings is 2. The standard InChI is InChI=1S/C28H40N2.2BrH.Ni/c1-17(2)23-13-21(9)14-24(18(3)4)27(23)29-11-12-30-28-25(19(5)6)15-22(10)16-26(28)20(7)8;;;/h11-20H,1-10H3;2*1H;/q;;;+2/p-2. The number of hydrogen-bond acceptors (Lipinski definition) is 2. The number of aliphatic imine (C=N–C) groups is 2. The van der Waals surface area contributed by atoms with Crippen LogP contribution in [0.1, 0.15) is 112 Å². The summed E-state index contributed by atoms with van der Waals surface area (Å²) in [5.41, 5.74) is 10.1. The molecule has 0 saturated heterocycles. The van der Waals surface area contributed by atoms with E-state index < -0.39 is 0 Å². The van der Waals surface area contributed by atoms with Crippen LogP contribution in [0.2, 0.25) is 0 Å². The molecule has 0 radical (unpaired) electrons. The Morgan fingerprint density at radius 1 is 0.576 bits per heavy atom. The molecule has 186 valence electrons. The topological polar surface area (TPSA) is 24.7 Å². The molecule has 2 aromatic rings. The van der Waals surface area contributed by atoms with Crippen molar-refractivity contribution in [2.75, 3.05) is 0 Å². The van der Waals surface area contributed by atoms with Gasteiger partial charge in [-0.3, -0.25) is 9.98 Å². The van der Waals surface area contributed by atoms with Crippen molar-refractivity contribution in [3.05, 3.63) is 57.6 Å².